The summed E-state index contributed by atoms with van der Waals surface area (Å²) in [6.07, 6.45) is 0. The van der Waals surface area contributed by atoms with Gasteiger partial charge in [-0.3, -0.25) is 4.90 Å². The lowest BCUT2D eigenvalue weighted by Gasteiger charge is -2.42. The summed E-state index contributed by atoms with van der Waals surface area (Å²) >= 11 is 0. The van der Waals surface area contributed by atoms with Gasteiger partial charge in [-0.25, -0.2) is 4.98 Å². The highest BCUT2D eigenvalue weighted by atomic mass is 16.5. The quantitative estimate of drug-likeness (QED) is 0.705. The van der Waals surface area contributed by atoms with Crippen LogP contribution in [0.2, 0.25) is 0 Å². The first-order valence-electron chi connectivity index (χ1n) is 9.21. The Labute approximate surface area is 155 Å². The average Bonchev–Trinajstić information content (AvgIpc) is 2.69. The summed E-state index contributed by atoms with van der Waals surface area (Å²) in [6.45, 7) is 4.67. The lowest BCUT2D eigenvalue weighted by Crippen LogP contribution is -2.55. The van der Waals surface area contributed by atoms with Gasteiger partial charge in [-0.15, -0.1) is 0 Å². The molecular weight excluding hydrogens is 322 g/mol. The monoisotopic (exact) mass is 347 g/mol. The summed E-state index contributed by atoms with van der Waals surface area (Å²) in [5, 5.41) is 1.18. The third-order valence-electron chi connectivity index (χ3n) is 5.05. The van der Waals surface area contributed by atoms with Crippen LogP contribution in [0.5, 0.6) is 0 Å². The summed E-state index contributed by atoms with van der Waals surface area (Å²) in [6, 6.07) is 23.6. The number of piperazine rings is 1. The van der Waals surface area contributed by atoms with Gasteiger partial charge in [0, 0.05) is 38.7 Å². The van der Waals surface area contributed by atoms with Crippen molar-refractivity contribution in [2.45, 2.75) is 12.6 Å². The van der Waals surface area contributed by atoms with Gasteiger partial charge in [0.25, 0.3) is 0 Å². The molecule has 1 fully saturated rings. The number of nitrogens with zero attached hydrogens (tertiary/aromatic N) is 3. The van der Waals surface area contributed by atoms with Crippen LogP contribution in [0.3, 0.4) is 0 Å². The highest BCUT2D eigenvalue weighted by Gasteiger charge is 2.28. The van der Waals surface area contributed by atoms with Crippen molar-refractivity contribution in [3.05, 3.63) is 72.3 Å². The maximum Gasteiger partial charge on any atom is 0.129 e. The Bertz CT molecular complexity index is 852. The molecule has 0 radical (unpaired) electrons. The third-order valence-corrected chi connectivity index (χ3v) is 5.05. The molecule has 3 aromatic rings. The lowest BCUT2D eigenvalue weighted by molar-refractivity contribution is 0.129. The molecule has 1 saturated heterocycles. The minimum atomic E-state index is 0.311. The zero-order valence-electron chi connectivity index (χ0n) is 15.2. The van der Waals surface area contributed by atoms with E-state index in [4.69, 9.17) is 9.72 Å². The fraction of sp³-hybridized carbons (Fsp3) is 0.318. The molecule has 0 amide bonds. The number of hydrogen-bond acceptors (Lipinski definition) is 4. The molecule has 26 heavy (non-hydrogen) atoms. The van der Waals surface area contributed by atoms with Crippen molar-refractivity contribution >= 4 is 16.7 Å². The molecule has 4 heteroatoms. The molecule has 1 aliphatic rings. The molecule has 1 aromatic heterocycles. The van der Waals surface area contributed by atoms with Crippen LogP contribution in [-0.4, -0.2) is 49.3 Å². The minimum Gasteiger partial charge on any atom is -0.383 e. The summed E-state index contributed by atoms with van der Waals surface area (Å²) in [5.74, 6) is 1.05. The van der Waals surface area contributed by atoms with Crippen molar-refractivity contribution in [2.75, 3.05) is 38.3 Å². The molecule has 1 aliphatic heterocycles. The van der Waals surface area contributed by atoms with Gasteiger partial charge in [-0.1, -0.05) is 48.5 Å². The number of pyridine rings is 1. The van der Waals surface area contributed by atoms with Gasteiger partial charge in [-0.05, 0) is 23.8 Å². The van der Waals surface area contributed by atoms with Crippen LogP contribution < -0.4 is 4.90 Å². The maximum atomic E-state index is 5.52. The number of anilines is 1. The molecular formula is C22H25N3O. The van der Waals surface area contributed by atoms with E-state index < -0.39 is 0 Å². The maximum absolute atomic E-state index is 5.52. The van der Waals surface area contributed by atoms with Crippen LogP contribution >= 0.6 is 0 Å². The Balaban J connectivity index is 1.52. The molecule has 0 N–H and O–H groups in total. The molecule has 4 rings (SSSR count). The van der Waals surface area contributed by atoms with Crippen molar-refractivity contribution in [2.24, 2.45) is 0 Å². The third kappa shape index (κ3) is 3.71. The van der Waals surface area contributed by atoms with E-state index in [0.29, 0.717) is 12.6 Å². The van der Waals surface area contributed by atoms with Gasteiger partial charge >= 0.3 is 0 Å². The molecule has 0 bridgehead atoms. The standard InChI is InChI=1S/C22H25N3O/c1-26-17-20-16-24(15-18-7-3-2-4-8-18)13-14-25(20)22-12-11-19-9-5-6-10-21(19)23-22/h2-12,20H,13-17H2,1H3. The number of ether oxygens (including phenoxy) is 1. The van der Waals surface area contributed by atoms with E-state index in [0.717, 1.165) is 37.5 Å². The largest absolute Gasteiger partial charge is 0.383 e. The van der Waals surface area contributed by atoms with Gasteiger partial charge < -0.3 is 9.64 Å². The molecule has 134 valence electrons. The first kappa shape index (κ1) is 17.0. The van der Waals surface area contributed by atoms with Crippen molar-refractivity contribution in [3.63, 3.8) is 0 Å². The zero-order valence-corrected chi connectivity index (χ0v) is 15.2. The summed E-state index contributed by atoms with van der Waals surface area (Å²) in [5.41, 5.74) is 2.41. The van der Waals surface area contributed by atoms with Crippen LogP contribution in [0.4, 0.5) is 5.82 Å². The van der Waals surface area contributed by atoms with Crippen molar-refractivity contribution in [1.29, 1.82) is 0 Å². The van der Waals surface area contributed by atoms with Crippen molar-refractivity contribution in [1.82, 2.24) is 9.88 Å². The van der Waals surface area contributed by atoms with Crippen LogP contribution in [0.1, 0.15) is 5.56 Å². The number of para-hydroxylation sites is 1. The van der Waals surface area contributed by atoms with Gasteiger partial charge in [0.15, 0.2) is 0 Å². The number of methoxy groups -OCH3 is 1. The first-order valence-corrected chi connectivity index (χ1v) is 9.21. The molecule has 2 heterocycles. The van der Waals surface area contributed by atoms with E-state index in [9.17, 15) is 0 Å². The van der Waals surface area contributed by atoms with Crippen LogP contribution in [0, 0.1) is 0 Å². The molecule has 2 aromatic carbocycles. The Morgan fingerprint density at radius 1 is 0.962 bits per heavy atom. The average molecular weight is 347 g/mol. The van der Waals surface area contributed by atoms with E-state index in [2.05, 4.69) is 70.5 Å². The Morgan fingerprint density at radius 3 is 2.62 bits per heavy atom. The highest BCUT2D eigenvalue weighted by molar-refractivity contribution is 5.80. The normalized spacial score (nSPS) is 18.3. The first-order chi connectivity index (χ1) is 12.8. The predicted molar refractivity (Wildman–Crippen MR) is 106 cm³/mol. The van der Waals surface area contributed by atoms with Gasteiger partial charge in [0.1, 0.15) is 5.82 Å². The van der Waals surface area contributed by atoms with E-state index >= 15 is 0 Å². The molecule has 0 spiro atoms. The second kappa shape index (κ2) is 7.85. The van der Waals surface area contributed by atoms with E-state index in [-0.39, 0.29) is 0 Å². The predicted octanol–water partition coefficient (Wildman–Crippen LogP) is 3.57. The Morgan fingerprint density at radius 2 is 1.77 bits per heavy atom. The molecule has 0 saturated carbocycles. The SMILES string of the molecule is COCC1CN(Cc2ccccc2)CCN1c1ccc2ccccc2n1. The fourth-order valence-corrected chi connectivity index (χ4v) is 3.76. The number of aromatic nitrogens is 1. The van der Waals surface area contributed by atoms with Crippen LogP contribution in [0.15, 0.2) is 66.7 Å². The Hall–Kier alpha value is -2.43. The second-order valence-electron chi connectivity index (χ2n) is 6.89. The van der Waals surface area contributed by atoms with E-state index in [1.807, 2.05) is 6.07 Å². The highest BCUT2D eigenvalue weighted by Crippen LogP contribution is 2.23. The van der Waals surface area contributed by atoms with Crippen LogP contribution in [-0.2, 0) is 11.3 Å². The van der Waals surface area contributed by atoms with E-state index in [1.165, 1.54) is 10.9 Å². The van der Waals surface area contributed by atoms with Crippen molar-refractivity contribution in [3.8, 4) is 0 Å². The summed E-state index contributed by atoms with van der Waals surface area (Å²) in [7, 11) is 1.78. The van der Waals surface area contributed by atoms with Crippen LogP contribution in [0.25, 0.3) is 10.9 Å². The molecule has 0 aliphatic carbocycles. The van der Waals surface area contributed by atoms with Gasteiger partial charge in [0.05, 0.1) is 18.2 Å². The van der Waals surface area contributed by atoms with Crippen molar-refractivity contribution < 1.29 is 4.74 Å². The smallest absolute Gasteiger partial charge is 0.129 e. The van der Waals surface area contributed by atoms with E-state index in [1.54, 1.807) is 7.11 Å². The molecule has 1 unspecified atom stereocenters. The second-order valence-corrected chi connectivity index (χ2v) is 6.89. The number of rotatable bonds is 5. The molecule has 1 atom stereocenters. The van der Waals surface area contributed by atoms with Gasteiger partial charge in [-0.2, -0.15) is 0 Å². The topological polar surface area (TPSA) is 28.6 Å². The van der Waals surface area contributed by atoms with Gasteiger partial charge in [0.2, 0.25) is 0 Å². The number of hydrogen-bond donors (Lipinski definition) is 0. The minimum absolute atomic E-state index is 0.311. The molecule has 4 nitrogen and oxygen atoms in total. The lowest BCUT2D eigenvalue weighted by atomic mass is 10.1. The zero-order chi connectivity index (χ0) is 17.8. The fourth-order valence-electron chi connectivity index (χ4n) is 3.76. The number of fused-ring (bicyclic) bond motifs is 1. The Kier molecular flexibility index (Phi) is 5.14. The summed E-state index contributed by atoms with van der Waals surface area (Å²) < 4.78 is 5.52. The number of benzene rings is 2. The summed E-state index contributed by atoms with van der Waals surface area (Å²) in [4.78, 5) is 9.80.